The number of rotatable bonds is 3. The number of halogens is 1. The number of carbonyl (C=O) groups is 1. The van der Waals surface area contributed by atoms with E-state index in [0.717, 1.165) is 11.0 Å². The van der Waals surface area contributed by atoms with Crippen molar-refractivity contribution in [2.75, 3.05) is 13.1 Å². The lowest BCUT2D eigenvalue weighted by Crippen LogP contribution is -2.32. The predicted molar refractivity (Wildman–Crippen MR) is 58.4 cm³/mol. The molecule has 0 aliphatic carbocycles. The van der Waals surface area contributed by atoms with E-state index in [2.05, 4.69) is 5.92 Å². The highest BCUT2D eigenvalue weighted by molar-refractivity contribution is 5.97. The molecule has 0 aliphatic rings. The van der Waals surface area contributed by atoms with Gasteiger partial charge >= 0.3 is 0 Å². The molecule has 4 nitrogen and oxygen atoms in total. The van der Waals surface area contributed by atoms with Crippen LogP contribution in [0.2, 0.25) is 0 Å². The second-order valence-corrected chi connectivity index (χ2v) is 3.16. The number of nitrogens with zero attached hydrogens (tertiary/aromatic N) is 2. The van der Waals surface area contributed by atoms with Crippen LogP contribution in [0.1, 0.15) is 10.4 Å². The third kappa shape index (κ3) is 2.73. The fraction of sp³-hybridized carbons (Fsp3) is 0.167. The molecule has 1 amide bonds. The molecule has 86 valence electrons. The van der Waals surface area contributed by atoms with E-state index >= 15 is 0 Å². The van der Waals surface area contributed by atoms with Crippen molar-refractivity contribution in [3.05, 3.63) is 29.6 Å². The minimum absolute atomic E-state index is 0.125. The number of hydrogen-bond donors (Lipinski definition) is 1. The number of nitriles is 1. The highest BCUT2D eigenvalue weighted by Gasteiger charge is 2.21. The SMILES string of the molecule is C#CCN(CC#N)C(=O)c1c(O)cccc1F. The highest BCUT2D eigenvalue weighted by Crippen LogP contribution is 2.21. The van der Waals surface area contributed by atoms with Crippen molar-refractivity contribution in [1.29, 1.82) is 5.26 Å². The van der Waals surface area contributed by atoms with Gasteiger partial charge in [-0.3, -0.25) is 4.79 Å². The van der Waals surface area contributed by atoms with Gasteiger partial charge in [-0.15, -0.1) is 6.42 Å². The average molecular weight is 232 g/mol. The van der Waals surface area contributed by atoms with Crippen LogP contribution >= 0.6 is 0 Å². The molecule has 0 heterocycles. The second-order valence-electron chi connectivity index (χ2n) is 3.16. The van der Waals surface area contributed by atoms with E-state index in [4.69, 9.17) is 11.7 Å². The summed E-state index contributed by atoms with van der Waals surface area (Å²) < 4.78 is 13.4. The smallest absolute Gasteiger partial charge is 0.262 e. The van der Waals surface area contributed by atoms with Gasteiger partial charge in [-0.1, -0.05) is 12.0 Å². The fourth-order valence-corrected chi connectivity index (χ4v) is 1.28. The summed E-state index contributed by atoms with van der Waals surface area (Å²) in [6, 6.07) is 5.26. The lowest BCUT2D eigenvalue weighted by molar-refractivity contribution is 0.0787. The van der Waals surface area contributed by atoms with Crippen molar-refractivity contribution in [1.82, 2.24) is 4.90 Å². The van der Waals surface area contributed by atoms with Crippen molar-refractivity contribution in [2.45, 2.75) is 0 Å². The van der Waals surface area contributed by atoms with Gasteiger partial charge in [-0.05, 0) is 12.1 Å². The van der Waals surface area contributed by atoms with E-state index in [1.807, 2.05) is 0 Å². The van der Waals surface area contributed by atoms with Crippen molar-refractivity contribution >= 4 is 5.91 Å². The second kappa shape index (κ2) is 5.53. The maximum Gasteiger partial charge on any atom is 0.262 e. The molecule has 0 fully saturated rings. The van der Waals surface area contributed by atoms with Gasteiger partial charge in [0.05, 0.1) is 12.6 Å². The molecular formula is C12H9FN2O2. The average Bonchev–Trinajstić information content (AvgIpc) is 2.28. The zero-order valence-electron chi connectivity index (χ0n) is 8.85. The first-order chi connectivity index (χ1) is 8.11. The predicted octanol–water partition coefficient (Wildman–Crippen LogP) is 1.13. The van der Waals surface area contributed by atoms with E-state index in [-0.39, 0.29) is 13.1 Å². The van der Waals surface area contributed by atoms with Crippen LogP contribution in [-0.2, 0) is 0 Å². The standard InChI is InChI=1S/C12H9FN2O2/c1-2-7-15(8-6-14)12(17)11-9(13)4-3-5-10(11)16/h1,3-5,16H,7-8H2. The van der Waals surface area contributed by atoms with Crippen molar-refractivity contribution < 1.29 is 14.3 Å². The first kappa shape index (κ1) is 12.5. The van der Waals surface area contributed by atoms with Gasteiger partial charge in [-0.2, -0.15) is 5.26 Å². The van der Waals surface area contributed by atoms with Gasteiger partial charge in [-0.25, -0.2) is 4.39 Å². The Balaban J connectivity index is 3.11. The number of phenols is 1. The van der Waals surface area contributed by atoms with E-state index in [1.165, 1.54) is 12.1 Å². The monoisotopic (exact) mass is 232 g/mol. The van der Waals surface area contributed by atoms with Gasteiger partial charge in [0.2, 0.25) is 0 Å². The molecule has 17 heavy (non-hydrogen) atoms. The number of amides is 1. The Labute approximate surface area is 97.9 Å². The number of phenolic OH excluding ortho intramolecular Hbond substituents is 1. The molecule has 0 saturated heterocycles. The normalized spacial score (nSPS) is 9.12. The summed E-state index contributed by atoms with van der Waals surface area (Å²) in [7, 11) is 0. The topological polar surface area (TPSA) is 64.3 Å². The maximum atomic E-state index is 13.4. The quantitative estimate of drug-likeness (QED) is 0.627. The van der Waals surface area contributed by atoms with Crippen LogP contribution in [0.4, 0.5) is 4.39 Å². The first-order valence-corrected chi connectivity index (χ1v) is 4.69. The lowest BCUT2D eigenvalue weighted by atomic mass is 10.1. The summed E-state index contributed by atoms with van der Waals surface area (Å²) in [6.45, 7) is -0.392. The molecule has 0 unspecified atom stereocenters. The zero-order chi connectivity index (χ0) is 12.8. The summed E-state index contributed by atoms with van der Waals surface area (Å²) >= 11 is 0. The van der Waals surface area contributed by atoms with Gasteiger partial charge in [0.25, 0.3) is 5.91 Å². The maximum absolute atomic E-state index is 13.4. The Hall–Kier alpha value is -2.53. The van der Waals surface area contributed by atoms with E-state index in [0.29, 0.717) is 0 Å². The van der Waals surface area contributed by atoms with Crippen LogP contribution in [0.3, 0.4) is 0 Å². The van der Waals surface area contributed by atoms with Crippen molar-refractivity contribution in [3.63, 3.8) is 0 Å². The zero-order valence-corrected chi connectivity index (χ0v) is 8.85. The molecule has 1 rings (SSSR count). The molecule has 0 spiro atoms. The number of terminal acetylenes is 1. The Morgan fingerprint density at radius 1 is 1.53 bits per heavy atom. The van der Waals surface area contributed by atoms with Gasteiger partial charge in [0.15, 0.2) is 0 Å². The van der Waals surface area contributed by atoms with Crippen LogP contribution < -0.4 is 0 Å². The number of benzene rings is 1. The summed E-state index contributed by atoms with van der Waals surface area (Å²) in [6.07, 6.45) is 5.04. The summed E-state index contributed by atoms with van der Waals surface area (Å²) in [4.78, 5) is 12.8. The minimum atomic E-state index is -0.852. The van der Waals surface area contributed by atoms with Crippen LogP contribution in [0, 0.1) is 29.5 Å². The number of carbonyl (C=O) groups excluding carboxylic acids is 1. The molecule has 1 aromatic carbocycles. The molecule has 0 atom stereocenters. The molecular weight excluding hydrogens is 223 g/mol. The molecule has 0 bridgehead atoms. The fourth-order valence-electron chi connectivity index (χ4n) is 1.28. The Morgan fingerprint density at radius 3 is 2.76 bits per heavy atom. The third-order valence-electron chi connectivity index (χ3n) is 2.04. The summed E-state index contributed by atoms with van der Waals surface area (Å²) in [5, 5.41) is 18.0. The van der Waals surface area contributed by atoms with Crippen LogP contribution in [0.5, 0.6) is 5.75 Å². The van der Waals surface area contributed by atoms with Gasteiger partial charge in [0, 0.05) is 0 Å². The number of hydrogen-bond acceptors (Lipinski definition) is 3. The largest absolute Gasteiger partial charge is 0.507 e. The highest BCUT2D eigenvalue weighted by atomic mass is 19.1. The van der Waals surface area contributed by atoms with E-state index in [9.17, 15) is 14.3 Å². The van der Waals surface area contributed by atoms with Crippen LogP contribution in [0.15, 0.2) is 18.2 Å². The van der Waals surface area contributed by atoms with Crippen molar-refractivity contribution in [3.8, 4) is 24.2 Å². The molecule has 0 radical (unpaired) electrons. The van der Waals surface area contributed by atoms with Crippen LogP contribution in [-0.4, -0.2) is 29.0 Å². The lowest BCUT2D eigenvalue weighted by Gasteiger charge is -2.17. The number of aromatic hydroxyl groups is 1. The molecule has 0 saturated carbocycles. The summed E-state index contributed by atoms with van der Waals surface area (Å²) in [5.74, 6) is 0.0579. The molecule has 1 N–H and O–H groups in total. The Morgan fingerprint density at radius 2 is 2.24 bits per heavy atom. The van der Waals surface area contributed by atoms with E-state index < -0.39 is 23.0 Å². The van der Waals surface area contributed by atoms with Crippen molar-refractivity contribution in [2.24, 2.45) is 0 Å². The summed E-state index contributed by atoms with van der Waals surface area (Å²) in [5.41, 5.74) is -0.474. The first-order valence-electron chi connectivity index (χ1n) is 4.69. The molecule has 0 aliphatic heterocycles. The molecule has 5 heteroatoms. The van der Waals surface area contributed by atoms with Gasteiger partial charge < -0.3 is 10.0 Å². The Bertz CT molecular complexity index is 478. The van der Waals surface area contributed by atoms with E-state index in [1.54, 1.807) is 6.07 Å². The molecule has 1 aromatic rings. The third-order valence-corrected chi connectivity index (χ3v) is 2.04. The Kier molecular flexibility index (Phi) is 4.08. The van der Waals surface area contributed by atoms with Gasteiger partial charge in [0.1, 0.15) is 23.7 Å². The molecule has 0 aromatic heterocycles. The minimum Gasteiger partial charge on any atom is -0.507 e. The van der Waals surface area contributed by atoms with Crippen LogP contribution in [0.25, 0.3) is 0 Å².